The number of carbonyl (C=O) groups is 1. The Morgan fingerprint density at radius 1 is 1.50 bits per heavy atom. The predicted molar refractivity (Wildman–Crippen MR) is 41.3 cm³/mol. The van der Waals surface area contributed by atoms with Crippen LogP contribution in [0.4, 0.5) is 5.69 Å². The molecule has 0 heterocycles. The van der Waals surface area contributed by atoms with Crippen molar-refractivity contribution in [2.45, 2.75) is 0 Å². The first kappa shape index (κ1) is 7.09. The normalized spacial score (nSPS) is 9.30. The molecule has 0 unspecified atom stereocenters. The molecule has 3 heteroatoms. The third-order valence-corrected chi connectivity index (χ3v) is 1.49. The van der Waals surface area contributed by atoms with Gasteiger partial charge in [0.05, 0.1) is 10.7 Å². The van der Waals surface area contributed by atoms with Gasteiger partial charge in [-0.05, 0) is 18.2 Å². The van der Waals surface area contributed by atoms with Crippen LogP contribution in [0.15, 0.2) is 18.2 Å². The maximum atomic E-state index is 10.2. The van der Waals surface area contributed by atoms with E-state index in [0.717, 1.165) is 6.29 Å². The van der Waals surface area contributed by atoms with Crippen molar-refractivity contribution in [3.8, 4) is 0 Å². The van der Waals surface area contributed by atoms with Gasteiger partial charge < -0.3 is 5.73 Å². The number of anilines is 1. The van der Waals surface area contributed by atoms with Crippen LogP contribution >= 0.6 is 11.6 Å². The van der Waals surface area contributed by atoms with Gasteiger partial charge in [-0.3, -0.25) is 4.79 Å². The molecule has 1 rings (SSSR count). The molecule has 0 amide bonds. The molecular weight excluding hydrogens is 150 g/mol. The highest BCUT2D eigenvalue weighted by Gasteiger charge is 1.95. The predicted octanol–water partition coefficient (Wildman–Crippen LogP) is 1.73. The van der Waals surface area contributed by atoms with Gasteiger partial charge in [0, 0.05) is 5.56 Å². The van der Waals surface area contributed by atoms with Crippen molar-refractivity contribution < 1.29 is 4.79 Å². The van der Waals surface area contributed by atoms with Crippen molar-refractivity contribution in [2.75, 3.05) is 5.73 Å². The number of halogens is 1. The van der Waals surface area contributed by atoms with Crippen LogP contribution in [0.2, 0.25) is 5.02 Å². The first-order valence-corrected chi connectivity index (χ1v) is 3.12. The number of hydrogen-bond acceptors (Lipinski definition) is 2. The molecular formula is C7H6ClNO. The summed E-state index contributed by atoms with van der Waals surface area (Å²) in [6.07, 6.45) is 0.728. The molecule has 2 N–H and O–H groups in total. The molecule has 0 saturated heterocycles. The summed E-state index contributed by atoms with van der Waals surface area (Å²) in [4.78, 5) is 10.2. The van der Waals surface area contributed by atoms with E-state index in [1.807, 2.05) is 0 Å². The number of carbonyl (C=O) groups excluding carboxylic acids is 1. The molecule has 0 bridgehead atoms. The molecule has 0 radical (unpaired) electrons. The van der Waals surface area contributed by atoms with Gasteiger partial charge in [0.2, 0.25) is 0 Å². The van der Waals surface area contributed by atoms with Crippen LogP contribution in [0.3, 0.4) is 0 Å². The lowest BCUT2D eigenvalue weighted by Gasteiger charge is -1.95. The van der Waals surface area contributed by atoms with Gasteiger partial charge in [-0.1, -0.05) is 11.6 Å². The minimum Gasteiger partial charge on any atom is -0.398 e. The van der Waals surface area contributed by atoms with E-state index in [9.17, 15) is 4.79 Å². The second-order valence-electron chi connectivity index (χ2n) is 1.90. The van der Waals surface area contributed by atoms with Gasteiger partial charge in [-0.15, -0.1) is 0 Å². The summed E-state index contributed by atoms with van der Waals surface area (Å²) >= 11 is 5.61. The van der Waals surface area contributed by atoms with E-state index in [2.05, 4.69) is 0 Å². The highest BCUT2D eigenvalue weighted by atomic mass is 35.5. The van der Waals surface area contributed by atoms with Gasteiger partial charge in [-0.2, -0.15) is 0 Å². The van der Waals surface area contributed by atoms with Gasteiger partial charge in [0.15, 0.2) is 0 Å². The molecule has 1 aromatic rings. The number of hydrogen-bond donors (Lipinski definition) is 1. The van der Waals surface area contributed by atoms with E-state index in [1.165, 1.54) is 6.07 Å². The molecule has 0 aliphatic heterocycles. The fraction of sp³-hybridized carbons (Fsp3) is 0. The largest absolute Gasteiger partial charge is 0.398 e. The highest BCUT2D eigenvalue weighted by Crippen LogP contribution is 2.18. The number of rotatable bonds is 1. The summed E-state index contributed by atoms with van der Waals surface area (Å²) in [5, 5.41) is 0.421. The first-order chi connectivity index (χ1) is 4.74. The molecule has 52 valence electrons. The average molecular weight is 156 g/mol. The third-order valence-electron chi connectivity index (χ3n) is 1.16. The van der Waals surface area contributed by atoms with Crippen LogP contribution in [0.25, 0.3) is 0 Å². The fourth-order valence-corrected chi connectivity index (χ4v) is 0.806. The quantitative estimate of drug-likeness (QED) is 0.496. The second kappa shape index (κ2) is 2.71. The van der Waals surface area contributed by atoms with Crippen LogP contribution in [0.1, 0.15) is 10.4 Å². The lowest BCUT2D eigenvalue weighted by molar-refractivity contribution is 0.112. The molecule has 0 spiro atoms. The van der Waals surface area contributed by atoms with Gasteiger partial charge in [0.1, 0.15) is 6.29 Å². The van der Waals surface area contributed by atoms with Crippen molar-refractivity contribution in [1.82, 2.24) is 0 Å². The van der Waals surface area contributed by atoms with Crippen molar-refractivity contribution in [2.24, 2.45) is 0 Å². The Kier molecular flexibility index (Phi) is 1.92. The molecule has 0 aliphatic carbocycles. The Bertz CT molecular complexity index is 260. The van der Waals surface area contributed by atoms with Crippen LogP contribution in [-0.4, -0.2) is 6.29 Å². The highest BCUT2D eigenvalue weighted by molar-refractivity contribution is 6.33. The Labute approximate surface area is 63.6 Å². The molecule has 0 fully saturated rings. The molecule has 0 atom stereocenters. The fourth-order valence-electron chi connectivity index (χ4n) is 0.617. The Morgan fingerprint density at radius 2 is 2.20 bits per heavy atom. The maximum absolute atomic E-state index is 10.2. The van der Waals surface area contributed by atoms with Crippen molar-refractivity contribution in [3.63, 3.8) is 0 Å². The standard InChI is InChI=1S/C7H6ClNO/c8-6-3-5(4-10)1-2-7(6)9/h1-4H,9H2. The zero-order valence-electron chi connectivity index (χ0n) is 5.17. The number of nitrogens with two attached hydrogens (primary N) is 1. The summed E-state index contributed by atoms with van der Waals surface area (Å²) in [6.45, 7) is 0. The third kappa shape index (κ3) is 1.28. The van der Waals surface area contributed by atoms with Crippen LogP contribution in [0, 0.1) is 0 Å². The first-order valence-electron chi connectivity index (χ1n) is 2.74. The van der Waals surface area contributed by atoms with Gasteiger partial charge in [-0.25, -0.2) is 0 Å². The summed E-state index contributed by atoms with van der Waals surface area (Å²) in [6, 6.07) is 4.75. The number of aldehydes is 1. The number of nitrogen functional groups attached to an aromatic ring is 1. The molecule has 1 aromatic carbocycles. The van der Waals surface area contributed by atoms with Crippen LogP contribution in [0.5, 0.6) is 0 Å². The molecule has 2 nitrogen and oxygen atoms in total. The summed E-state index contributed by atoms with van der Waals surface area (Å²) in [7, 11) is 0. The monoisotopic (exact) mass is 155 g/mol. The molecule has 0 aromatic heterocycles. The van der Waals surface area contributed by atoms with Crippen LogP contribution < -0.4 is 5.73 Å². The lowest BCUT2D eigenvalue weighted by Crippen LogP contribution is -1.87. The Morgan fingerprint density at radius 3 is 2.70 bits per heavy atom. The summed E-state index contributed by atoms with van der Waals surface area (Å²) in [5.74, 6) is 0. The van der Waals surface area contributed by atoms with Crippen molar-refractivity contribution >= 4 is 23.6 Å². The molecule has 0 aliphatic rings. The number of benzene rings is 1. The van der Waals surface area contributed by atoms with Gasteiger partial charge in [0.25, 0.3) is 0 Å². The Balaban J connectivity index is 3.16. The summed E-state index contributed by atoms with van der Waals surface area (Å²) < 4.78 is 0. The van der Waals surface area contributed by atoms with Gasteiger partial charge >= 0.3 is 0 Å². The van der Waals surface area contributed by atoms with E-state index < -0.39 is 0 Å². The van der Waals surface area contributed by atoms with E-state index >= 15 is 0 Å². The summed E-state index contributed by atoms with van der Waals surface area (Å²) in [5.41, 5.74) is 6.43. The smallest absolute Gasteiger partial charge is 0.150 e. The molecule has 10 heavy (non-hydrogen) atoms. The van der Waals surface area contributed by atoms with Crippen LogP contribution in [-0.2, 0) is 0 Å². The van der Waals surface area contributed by atoms with E-state index in [-0.39, 0.29) is 0 Å². The molecule has 0 saturated carbocycles. The minimum absolute atomic E-state index is 0.421. The lowest BCUT2D eigenvalue weighted by atomic mass is 10.2. The zero-order chi connectivity index (χ0) is 7.56. The van der Waals surface area contributed by atoms with E-state index in [1.54, 1.807) is 12.1 Å². The minimum atomic E-state index is 0.421. The zero-order valence-corrected chi connectivity index (χ0v) is 5.93. The van der Waals surface area contributed by atoms with Crippen molar-refractivity contribution in [1.29, 1.82) is 0 Å². The SMILES string of the molecule is Nc1ccc(C=O)cc1Cl. The van der Waals surface area contributed by atoms with E-state index in [4.69, 9.17) is 17.3 Å². The van der Waals surface area contributed by atoms with E-state index in [0.29, 0.717) is 16.3 Å². The second-order valence-corrected chi connectivity index (χ2v) is 2.31. The maximum Gasteiger partial charge on any atom is 0.150 e. The average Bonchev–Trinajstić information content (AvgIpc) is 1.95. The van der Waals surface area contributed by atoms with Crippen molar-refractivity contribution in [3.05, 3.63) is 28.8 Å². The Hall–Kier alpha value is -1.02. The topological polar surface area (TPSA) is 43.1 Å².